The second-order valence-electron chi connectivity index (χ2n) is 4.95. The number of halogens is 1. The summed E-state index contributed by atoms with van der Waals surface area (Å²) in [5.41, 5.74) is 2.39. The molecule has 1 aromatic carbocycles. The van der Waals surface area contributed by atoms with Gasteiger partial charge in [0.1, 0.15) is 0 Å². The van der Waals surface area contributed by atoms with Crippen molar-refractivity contribution in [1.29, 1.82) is 0 Å². The fourth-order valence-electron chi connectivity index (χ4n) is 2.15. The van der Waals surface area contributed by atoms with Gasteiger partial charge in [-0.1, -0.05) is 29.8 Å². The largest absolute Gasteiger partial charge is 2.00 e. The number of aromatic nitrogens is 1. The van der Waals surface area contributed by atoms with E-state index in [1.54, 1.807) is 0 Å². The third-order valence-electron chi connectivity index (χ3n) is 3.18. The van der Waals surface area contributed by atoms with Crippen molar-refractivity contribution in [3.8, 4) is 0 Å². The van der Waals surface area contributed by atoms with E-state index in [1.807, 2.05) is 30.5 Å². The fraction of sp³-hybridized carbons (Fsp3) is 0.312. The summed E-state index contributed by atoms with van der Waals surface area (Å²) in [4.78, 5) is 6.70. The Morgan fingerprint density at radius 1 is 1.15 bits per heavy atom. The van der Waals surface area contributed by atoms with Crippen molar-refractivity contribution in [2.45, 2.75) is 12.3 Å². The van der Waals surface area contributed by atoms with Gasteiger partial charge < -0.3 is 7.75 Å². The van der Waals surface area contributed by atoms with Crippen molar-refractivity contribution in [1.82, 2.24) is 9.88 Å². The topological polar surface area (TPSA) is 16.1 Å². The first-order valence-corrected chi connectivity index (χ1v) is 6.86. The molecule has 1 unspecified atom stereocenters. The number of rotatable bonds is 5. The maximum Gasteiger partial charge on any atom is 2.00 e. The van der Waals surface area contributed by atoms with E-state index in [2.05, 4.69) is 42.2 Å². The first-order valence-electron chi connectivity index (χ1n) is 6.48. The van der Waals surface area contributed by atoms with Crippen molar-refractivity contribution in [3.63, 3.8) is 0 Å². The normalized spacial score (nSPS) is 12.0. The monoisotopic (exact) mass is 316 g/mol. The van der Waals surface area contributed by atoms with Gasteiger partial charge in [0, 0.05) is 22.8 Å². The molecule has 2 aromatic rings. The average molecular weight is 317 g/mol. The van der Waals surface area contributed by atoms with Crippen LogP contribution in [0.5, 0.6) is 0 Å². The Hall–Kier alpha value is -0.120. The molecular formula is C16H21CaClN2. The molecule has 1 atom stereocenters. The molecule has 0 bridgehead atoms. The molecule has 4 heteroatoms. The quantitative estimate of drug-likeness (QED) is 0.783. The Balaban J connectivity index is 0. The van der Waals surface area contributed by atoms with Crippen LogP contribution >= 0.6 is 11.6 Å². The summed E-state index contributed by atoms with van der Waals surface area (Å²) in [6.07, 6.45) is 2.90. The van der Waals surface area contributed by atoms with E-state index >= 15 is 0 Å². The summed E-state index contributed by atoms with van der Waals surface area (Å²) in [6, 6.07) is 14.2. The molecule has 2 nitrogen and oxygen atoms in total. The number of hydrogen-bond acceptors (Lipinski definition) is 2. The van der Waals surface area contributed by atoms with Crippen LogP contribution in [0.1, 0.15) is 26.4 Å². The van der Waals surface area contributed by atoms with Crippen LogP contribution in [-0.4, -0.2) is 68.3 Å². The summed E-state index contributed by atoms with van der Waals surface area (Å²) < 4.78 is 0. The van der Waals surface area contributed by atoms with Crippen LogP contribution in [0.25, 0.3) is 0 Å². The Morgan fingerprint density at radius 2 is 1.85 bits per heavy atom. The summed E-state index contributed by atoms with van der Waals surface area (Å²) >= 11 is 5.97. The maximum atomic E-state index is 5.97. The van der Waals surface area contributed by atoms with Gasteiger partial charge in [0.2, 0.25) is 0 Å². The molecule has 1 aromatic heterocycles. The standard InChI is InChI=1S/C16H19ClN2.Ca.2H/c1-19(2)12-10-15(16-5-3-4-11-18-16)13-6-8-14(17)9-7-13;;;/h3-9,11,15H,10,12H2,1-2H3;;;/q;+2;2*-1. The predicted molar refractivity (Wildman–Crippen MR) is 88.7 cm³/mol. The van der Waals surface area contributed by atoms with Gasteiger partial charge >= 0.3 is 37.7 Å². The molecule has 0 spiro atoms. The minimum atomic E-state index is 0. The molecule has 0 amide bonds. The number of pyridine rings is 1. The minimum Gasteiger partial charge on any atom is -1.00 e. The smallest absolute Gasteiger partial charge is 1.00 e. The second-order valence-corrected chi connectivity index (χ2v) is 5.39. The maximum absolute atomic E-state index is 5.97. The summed E-state index contributed by atoms with van der Waals surface area (Å²) in [6.45, 7) is 1.03. The number of nitrogens with zero attached hydrogens (tertiary/aromatic N) is 2. The van der Waals surface area contributed by atoms with Crippen LogP contribution in [0.3, 0.4) is 0 Å². The summed E-state index contributed by atoms with van der Waals surface area (Å²) in [5.74, 6) is 0.320. The van der Waals surface area contributed by atoms with E-state index < -0.39 is 0 Å². The summed E-state index contributed by atoms with van der Waals surface area (Å²) in [5, 5.41) is 0.774. The predicted octanol–water partition coefficient (Wildman–Crippen LogP) is 3.66. The van der Waals surface area contributed by atoms with Crippen molar-refractivity contribution in [2.75, 3.05) is 20.6 Å². The van der Waals surface area contributed by atoms with Crippen LogP contribution in [0.15, 0.2) is 48.7 Å². The van der Waals surface area contributed by atoms with Gasteiger partial charge in [-0.25, -0.2) is 0 Å². The zero-order valence-corrected chi connectivity index (χ0v) is 15.1. The molecule has 104 valence electrons. The molecule has 0 radical (unpaired) electrons. The molecule has 2 rings (SSSR count). The molecule has 0 fully saturated rings. The number of hydrogen-bond donors (Lipinski definition) is 0. The first kappa shape index (κ1) is 17.9. The molecule has 0 saturated carbocycles. The minimum absolute atomic E-state index is 0. The van der Waals surface area contributed by atoms with Gasteiger partial charge in [0.25, 0.3) is 0 Å². The van der Waals surface area contributed by atoms with Crippen LogP contribution in [0, 0.1) is 0 Å². The van der Waals surface area contributed by atoms with Gasteiger partial charge in [-0.05, 0) is 56.9 Å². The van der Waals surface area contributed by atoms with Crippen LogP contribution in [0.4, 0.5) is 0 Å². The van der Waals surface area contributed by atoms with E-state index in [9.17, 15) is 0 Å². The molecule has 0 N–H and O–H groups in total. The van der Waals surface area contributed by atoms with Crippen LogP contribution < -0.4 is 0 Å². The third kappa shape index (κ3) is 5.34. The first-order chi connectivity index (χ1) is 9.16. The van der Waals surface area contributed by atoms with Crippen molar-refractivity contribution >= 4 is 49.3 Å². The van der Waals surface area contributed by atoms with E-state index in [0.29, 0.717) is 5.92 Å². The van der Waals surface area contributed by atoms with E-state index in [-0.39, 0.29) is 40.6 Å². The molecule has 20 heavy (non-hydrogen) atoms. The van der Waals surface area contributed by atoms with Crippen LogP contribution in [0.2, 0.25) is 5.02 Å². The van der Waals surface area contributed by atoms with Gasteiger partial charge in [0.15, 0.2) is 0 Å². The fourth-order valence-corrected chi connectivity index (χ4v) is 2.28. The molecule has 0 aliphatic carbocycles. The zero-order chi connectivity index (χ0) is 13.7. The van der Waals surface area contributed by atoms with Crippen molar-refractivity contribution in [3.05, 3.63) is 64.9 Å². The molecule has 0 saturated heterocycles. The van der Waals surface area contributed by atoms with Crippen molar-refractivity contribution < 1.29 is 2.85 Å². The Morgan fingerprint density at radius 3 is 2.40 bits per heavy atom. The molecule has 0 aliphatic heterocycles. The second kappa shape index (κ2) is 9.01. The van der Waals surface area contributed by atoms with E-state index in [4.69, 9.17) is 11.6 Å². The number of benzene rings is 1. The Labute approximate surface area is 159 Å². The molecular weight excluding hydrogens is 296 g/mol. The Kier molecular flexibility index (Phi) is 8.08. The van der Waals surface area contributed by atoms with Crippen molar-refractivity contribution in [2.24, 2.45) is 0 Å². The van der Waals surface area contributed by atoms with Crippen LogP contribution in [-0.2, 0) is 0 Å². The molecule has 1 heterocycles. The third-order valence-corrected chi connectivity index (χ3v) is 3.43. The van der Waals surface area contributed by atoms with Gasteiger partial charge in [-0.3, -0.25) is 4.98 Å². The van der Waals surface area contributed by atoms with Gasteiger partial charge in [0.05, 0.1) is 0 Å². The summed E-state index contributed by atoms with van der Waals surface area (Å²) in [7, 11) is 4.19. The van der Waals surface area contributed by atoms with Gasteiger partial charge in [-0.15, -0.1) is 0 Å². The van der Waals surface area contributed by atoms with E-state index in [1.165, 1.54) is 5.56 Å². The van der Waals surface area contributed by atoms with E-state index in [0.717, 1.165) is 23.7 Å². The average Bonchev–Trinajstić information content (AvgIpc) is 2.42. The van der Waals surface area contributed by atoms with Gasteiger partial charge in [-0.2, -0.15) is 0 Å². The zero-order valence-electron chi connectivity index (χ0n) is 14.1. The molecule has 0 aliphatic rings. The Bertz CT molecular complexity index is 509. The SMILES string of the molecule is CN(C)CCC(c1ccc(Cl)cc1)c1ccccn1.[Ca+2].[H-].[H-].